The van der Waals surface area contributed by atoms with Gasteiger partial charge in [-0.05, 0) is 38.1 Å². The molecule has 0 radical (unpaired) electrons. The van der Waals surface area contributed by atoms with E-state index in [1.54, 1.807) is 33.0 Å². The maximum absolute atomic E-state index is 13.7. The lowest BCUT2D eigenvalue weighted by Gasteiger charge is -2.24. The molecule has 1 aliphatic heterocycles. The number of benzene rings is 2. The first-order chi connectivity index (χ1) is 12.2. The third-order valence-corrected chi connectivity index (χ3v) is 4.24. The third kappa shape index (κ3) is 3.12. The summed E-state index contributed by atoms with van der Waals surface area (Å²) in [5.41, 5.74) is -0.502. The minimum atomic E-state index is -0.944. The Morgan fingerprint density at radius 2 is 1.85 bits per heavy atom. The number of anilines is 2. The summed E-state index contributed by atoms with van der Waals surface area (Å²) in [5.74, 6) is -2.49. The monoisotopic (exact) mass is 360 g/mol. The first-order valence-electron chi connectivity index (χ1n) is 8.01. The molecule has 0 bridgehead atoms. The molecule has 2 aromatic rings. The molecule has 136 valence electrons. The van der Waals surface area contributed by atoms with Gasteiger partial charge in [0.15, 0.2) is 0 Å². The van der Waals surface area contributed by atoms with Gasteiger partial charge < -0.3 is 15.0 Å². The zero-order chi connectivity index (χ0) is 19.1. The lowest BCUT2D eigenvalue weighted by molar-refractivity contribution is -0.127. The molecule has 1 heterocycles. The van der Waals surface area contributed by atoms with E-state index in [0.717, 1.165) is 12.1 Å². The summed E-state index contributed by atoms with van der Waals surface area (Å²) in [6.45, 7) is 3.73. The van der Waals surface area contributed by atoms with E-state index < -0.39 is 28.5 Å². The Kier molecular flexibility index (Phi) is 4.39. The molecule has 1 N–H and O–H groups in total. The molecule has 2 aromatic carbocycles. The minimum Gasteiger partial charge on any atom is -0.490 e. The van der Waals surface area contributed by atoms with Crippen LogP contribution in [-0.2, 0) is 4.79 Å². The molecule has 3 rings (SSSR count). The van der Waals surface area contributed by atoms with Crippen LogP contribution in [0.4, 0.5) is 20.2 Å². The fourth-order valence-corrected chi connectivity index (χ4v) is 2.78. The van der Waals surface area contributed by atoms with Crippen molar-refractivity contribution in [3.05, 3.63) is 53.6 Å². The van der Waals surface area contributed by atoms with Gasteiger partial charge in [0, 0.05) is 18.8 Å². The van der Waals surface area contributed by atoms with Gasteiger partial charge in [-0.25, -0.2) is 8.78 Å². The molecule has 26 heavy (non-hydrogen) atoms. The SMILES string of the molecule is CN1C(=O)C(C)(C)COc2cc(NC(=O)c3c(F)cccc3F)ccc21. The van der Waals surface area contributed by atoms with Crippen LogP contribution in [0.2, 0.25) is 0 Å². The van der Waals surface area contributed by atoms with E-state index in [0.29, 0.717) is 17.1 Å². The minimum absolute atomic E-state index is 0.0959. The predicted molar refractivity (Wildman–Crippen MR) is 93.4 cm³/mol. The fraction of sp³-hybridized carbons (Fsp3) is 0.263. The number of nitrogens with zero attached hydrogens (tertiary/aromatic N) is 1. The average molecular weight is 360 g/mol. The number of rotatable bonds is 2. The van der Waals surface area contributed by atoms with Crippen molar-refractivity contribution in [2.24, 2.45) is 5.41 Å². The first-order valence-corrected chi connectivity index (χ1v) is 8.01. The number of carbonyl (C=O) groups excluding carboxylic acids is 2. The van der Waals surface area contributed by atoms with E-state index in [9.17, 15) is 18.4 Å². The molecule has 0 aromatic heterocycles. The van der Waals surface area contributed by atoms with Crippen LogP contribution in [0.25, 0.3) is 0 Å². The van der Waals surface area contributed by atoms with Crippen LogP contribution in [0.1, 0.15) is 24.2 Å². The lowest BCUT2D eigenvalue weighted by atomic mass is 9.93. The summed E-state index contributed by atoms with van der Waals surface area (Å²) >= 11 is 0. The number of ether oxygens (including phenoxy) is 1. The van der Waals surface area contributed by atoms with Gasteiger partial charge in [-0.1, -0.05) is 6.07 Å². The van der Waals surface area contributed by atoms with E-state index in [4.69, 9.17) is 4.74 Å². The lowest BCUT2D eigenvalue weighted by Crippen LogP contribution is -2.39. The number of hydrogen-bond acceptors (Lipinski definition) is 3. The molecule has 0 fully saturated rings. The van der Waals surface area contributed by atoms with Crippen LogP contribution in [0.5, 0.6) is 5.75 Å². The molecular weight excluding hydrogens is 342 g/mol. The highest BCUT2D eigenvalue weighted by Crippen LogP contribution is 2.37. The maximum atomic E-state index is 13.7. The molecule has 0 spiro atoms. The van der Waals surface area contributed by atoms with Crippen molar-refractivity contribution < 1.29 is 23.1 Å². The van der Waals surface area contributed by atoms with Crippen LogP contribution in [0, 0.1) is 17.0 Å². The molecule has 0 unspecified atom stereocenters. The van der Waals surface area contributed by atoms with E-state index in [2.05, 4.69) is 5.32 Å². The summed E-state index contributed by atoms with van der Waals surface area (Å²) in [7, 11) is 1.64. The van der Waals surface area contributed by atoms with Crippen LogP contribution < -0.4 is 15.0 Å². The highest BCUT2D eigenvalue weighted by atomic mass is 19.1. The maximum Gasteiger partial charge on any atom is 0.261 e. The van der Waals surface area contributed by atoms with Crippen molar-refractivity contribution in [2.75, 3.05) is 23.9 Å². The molecule has 0 saturated carbocycles. The van der Waals surface area contributed by atoms with Crippen LogP contribution in [0.15, 0.2) is 36.4 Å². The summed E-state index contributed by atoms with van der Waals surface area (Å²) < 4.78 is 33.2. The Morgan fingerprint density at radius 3 is 2.50 bits per heavy atom. The quantitative estimate of drug-likeness (QED) is 0.890. The Labute approximate surface area is 149 Å². The van der Waals surface area contributed by atoms with Crippen molar-refractivity contribution in [2.45, 2.75) is 13.8 Å². The van der Waals surface area contributed by atoms with Gasteiger partial charge in [0.25, 0.3) is 5.91 Å². The molecule has 5 nitrogen and oxygen atoms in total. The zero-order valence-corrected chi connectivity index (χ0v) is 14.6. The largest absolute Gasteiger partial charge is 0.490 e. The molecular formula is C19H18F2N2O3. The molecule has 0 aliphatic carbocycles. The number of amides is 2. The third-order valence-electron chi connectivity index (χ3n) is 4.24. The number of fused-ring (bicyclic) bond motifs is 1. The van der Waals surface area contributed by atoms with Crippen molar-refractivity contribution in [3.8, 4) is 5.75 Å². The average Bonchev–Trinajstić information content (AvgIpc) is 2.66. The second-order valence-electron chi connectivity index (χ2n) is 6.77. The molecule has 0 saturated heterocycles. The Hall–Kier alpha value is -2.96. The van der Waals surface area contributed by atoms with Gasteiger partial charge in [-0.3, -0.25) is 9.59 Å². The molecule has 0 atom stereocenters. The van der Waals surface area contributed by atoms with E-state index >= 15 is 0 Å². The van der Waals surface area contributed by atoms with Crippen molar-refractivity contribution >= 4 is 23.2 Å². The summed E-state index contributed by atoms with van der Waals surface area (Å²) in [4.78, 5) is 26.2. The zero-order valence-electron chi connectivity index (χ0n) is 14.6. The summed E-state index contributed by atoms with van der Waals surface area (Å²) in [6, 6.07) is 7.90. The number of carbonyl (C=O) groups is 2. The molecule has 1 aliphatic rings. The first kappa shape index (κ1) is 17.8. The van der Waals surface area contributed by atoms with Crippen LogP contribution in [-0.4, -0.2) is 25.5 Å². The van der Waals surface area contributed by atoms with Gasteiger partial charge in [0.05, 0.1) is 11.1 Å². The Morgan fingerprint density at radius 1 is 1.19 bits per heavy atom. The van der Waals surface area contributed by atoms with E-state index in [1.165, 1.54) is 17.0 Å². The number of hydrogen-bond donors (Lipinski definition) is 1. The van der Waals surface area contributed by atoms with Crippen LogP contribution >= 0.6 is 0 Å². The summed E-state index contributed by atoms with van der Waals surface area (Å²) in [6.07, 6.45) is 0. The Balaban J connectivity index is 1.90. The summed E-state index contributed by atoms with van der Waals surface area (Å²) in [5, 5.41) is 2.45. The van der Waals surface area contributed by atoms with Gasteiger partial charge in [-0.2, -0.15) is 0 Å². The highest BCUT2D eigenvalue weighted by Gasteiger charge is 2.36. The topological polar surface area (TPSA) is 58.6 Å². The van der Waals surface area contributed by atoms with Gasteiger partial charge in [-0.15, -0.1) is 0 Å². The molecule has 7 heteroatoms. The van der Waals surface area contributed by atoms with Crippen LogP contribution in [0.3, 0.4) is 0 Å². The standard InChI is InChI=1S/C19H18F2N2O3/c1-19(2)10-26-15-9-11(7-8-14(15)23(3)18(19)25)22-17(24)16-12(20)5-4-6-13(16)21/h4-9H,10H2,1-3H3,(H,22,24). The van der Waals surface area contributed by atoms with Gasteiger partial charge in [0.1, 0.15) is 29.6 Å². The molecule has 2 amide bonds. The van der Waals surface area contributed by atoms with Gasteiger partial charge in [0.2, 0.25) is 5.91 Å². The normalized spacial score (nSPS) is 15.7. The van der Waals surface area contributed by atoms with Gasteiger partial charge >= 0.3 is 0 Å². The fourth-order valence-electron chi connectivity index (χ4n) is 2.78. The highest BCUT2D eigenvalue weighted by molar-refractivity contribution is 6.05. The second kappa shape index (κ2) is 6.40. The second-order valence-corrected chi connectivity index (χ2v) is 6.77. The van der Waals surface area contributed by atoms with Crippen molar-refractivity contribution in [3.63, 3.8) is 0 Å². The number of halogens is 2. The van der Waals surface area contributed by atoms with Crippen molar-refractivity contribution in [1.82, 2.24) is 0 Å². The Bertz CT molecular complexity index is 876. The van der Waals surface area contributed by atoms with E-state index in [-0.39, 0.29) is 12.5 Å². The van der Waals surface area contributed by atoms with E-state index in [1.807, 2.05) is 0 Å². The number of nitrogens with one attached hydrogen (secondary N) is 1. The van der Waals surface area contributed by atoms with Crippen molar-refractivity contribution in [1.29, 1.82) is 0 Å². The smallest absolute Gasteiger partial charge is 0.261 e. The predicted octanol–water partition coefficient (Wildman–Crippen LogP) is 3.60.